The molecule has 5 heteroatoms. The zero-order valence-corrected chi connectivity index (χ0v) is 10.3. The van der Waals surface area contributed by atoms with E-state index in [0.29, 0.717) is 24.9 Å². The van der Waals surface area contributed by atoms with E-state index in [9.17, 15) is 5.11 Å². The van der Waals surface area contributed by atoms with Crippen molar-refractivity contribution in [1.82, 2.24) is 10.1 Å². The van der Waals surface area contributed by atoms with Crippen LogP contribution in [0.2, 0.25) is 0 Å². The van der Waals surface area contributed by atoms with Crippen molar-refractivity contribution in [2.24, 2.45) is 5.92 Å². The van der Waals surface area contributed by atoms with Gasteiger partial charge >= 0.3 is 0 Å². The number of rotatable bonds is 6. The Kier molecular flexibility index (Phi) is 4.89. The molecular formula is C11H20N2O3. The largest absolute Gasteiger partial charge is 0.393 e. The number of aliphatic hydroxyl groups excluding tert-OH is 1. The van der Waals surface area contributed by atoms with Gasteiger partial charge in [-0.3, -0.25) is 0 Å². The van der Waals surface area contributed by atoms with E-state index in [1.165, 1.54) is 0 Å². The van der Waals surface area contributed by atoms with Gasteiger partial charge in [-0.15, -0.1) is 0 Å². The third kappa shape index (κ3) is 3.28. The van der Waals surface area contributed by atoms with Crippen molar-refractivity contribution in [2.45, 2.75) is 46.3 Å². The molecular weight excluding hydrogens is 208 g/mol. The Hall–Kier alpha value is -0.940. The average Bonchev–Trinajstić information content (AvgIpc) is 2.62. The summed E-state index contributed by atoms with van der Waals surface area (Å²) in [5.41, 5.74) is 0. The lowest BCUT2D eigenvalue weighted by Crippen LogP contribution is -2.20. The fraction of sp³-hybridized carbons (Fsp3) is 0.818. The van der Waals surface area contributed by atoms with Crippen molar-refractivity contribution in [3.05, 3.63) is 11.7 Å². The molecule has 0 bridgehead atoms. The summed E-state index contributed by atoms with van der Waals surface area (Å²) < 4.78 is 10.3. The van der Waals surface area contributed by atoms with Crippen molar-refractivity contribution in [2.75, 3.05) is 6.61 Å². The van der Waals surface area contributed by atoms with Crippen LogP contribution in [0, 0.1) is 5.92 Å². The highest BCUT2D eigenvalue weighted by atomic mass is 16.5. The van der Waals surface area contributed by atoms with Crippen molar-refractivity contribution in [3.63, 3.8) is 0 Å². The fourth-order valence-corrected chi connectivity index (χ4v) is 1.70. The maximum atomic E-state index is 9.66. The van der Waals surface area contributed by atoms with Gasteiger partial charge in [0, 0.05) is 6.61 Å². The van der Waals surface area contributed by atoms with Gasteiger partial charge in [-0.2, -0.15) is 4.98 Å². The van der Waals surface area contributed by atoms with E-state index in [-0.39, 0.29) is 11.8 Å². The summed E-state index contributed by atoms with van der Waals surface area (Å²) >= 11 is 0. The van der Waals surface area contributed by atoms with Crippen LogP contribution in [-0.4, -0.2) is 28.0 Å². The van der Waals surface area contributed by atoms with Crippen LogP contribution in [0.15, 0.2) is 4.52 Å². The first-order valence-corrected chi connectivity index (χ1v) is 5.64. The van der Waals surface area contributed by atoms with Crippen LogP contribution >= 0.6 is 0 Å². The number of aromatic nitrogens is 2. The average molecular weight is 228 g/mol. The Labute approximate surface area is 95.8 Å². The van der Waals surface area contributed by atoms with Crippen LogP contribution in [0.1, 0.15) is 45.3 Å². The standard InChI is InChI=1S/C11H20N2O3/c1-5-15-6-9-12-11(16-13-9)10(7(2)3)8(4)14/h7-8,10,14H,5-6H2,1-4H3. The third-order valence-corrected chi connectivity index (χ3v) is 2.44. The Balaban J connectivity index is 2.74. The third-order valence-electron chi connectivity index (χ3n) is 2.44. The molecule has 2 atom stereocenters. The van der Waals surface area contributed by atoms with Crippen LogP contribution in [0.25, 0.3) is 0 Å². The lowest BCUT2D eigenvalue weighted by atomic mass is 9.91. The minimum atomic E-state index is -0.500. The summed E-state index contributed by atoms with van der Waals surface area (Å²) in [6.07, 6.45) is -0.500. The topological polar surface area (TPSA) is 68.4 Å². The maximum absolute atomic E-state index is 9.66. The zero-order valence-electron chi connectivity index (χ0n) is 10.3. The first-order valence-electron chi connectivity index (χ1n) is 5.64. The van der Waals surface area contributed by atoms with Gasteiger partial charge < -0.3 is 14.4 Å². The number of ether oxygens (including phenoxy) is 1. The molecule has 1 rings (SSSR count). The second-order valence-corrected chi connectivity index (χ2v) is 4.20. The zero-order chi connectivity index (χ0) is 12.1. The molecule has 1 aromatic heterocycles. The summed E-state index contributed by atoms with van der Waals surface area (Å²) in [6, 6.07) is 0. The molecule has 1 N–H and O–H groups in total. The van der Waals surface area contributed by atoms with Gasteiger partial charge in [0.15, 0.2) is 5.82 Å². The molecule has 0 aliphatic carbocycles. The predicted molar refractivity (Wildman–Crippen MR) is 58.9 cm³/mol. The number of nitrogens with zero attached hydrogens (tertiary/aromatic N) is 2. The molecule has 0 fully saturated rings. The van der Waals surface area contributed by atoms with E-state index in [4.69, 9.17) is 9.26 Å². The Morgan fingerprint density at radius 2 is 2.06 bits per heavy atom. The lowest BCUT2D eigenvalue weighted by molar-refractivity contribution is 0.119. The van der Waals surface area contributed by atoms with Gasteiger partial charge in [-0.1, -0.05) is 19.0 Å². The highest BCUT2D eigenvalue weighted by Gasteiger charge is 2.26. The number of hydrogen-bond donors (Lipinski definition) is 1. The molecule has 0 radical (unpaired) electrons. The van der Waals surface area contributed by atoms with Gasteiger partial charge in [0.05, 0.1) is 12.0 Å². The molecule has 0 aliphatic rings. The number of hydrogen-bond acceptors (Lipinski definition) is 5. The summed E-state index contributed by atoms with van der Waals surface area (Å²) in [4.78, 5) is 4.23. The van der Waals surface area contributed by atoms with Gasteiger partial charge in [0.2, 0.25) is 5.89 Å². The minimum absolute atomic E-state index is 0.122. The molecule has 0 amide bonds. The van der Waals surface area contributed by atoms with Crippen LogP contribution in [0.5, 0.6) is 0 Å². The van der Waals surface area contributed by atoms with Crippen LogP contribution < -0.4 is 0 Å². The van der Waals surface area contributed by atoms with Crippen molar-refractivity contribution >= 4 is 0 Å². The second kappa shape index (κ2) is 5.96. The normalized spacial score (nSPS) is 15.4. The quantitative estimate of drug-likeness (QED) is 0.803. The Morgan fingerprint density at radius 1 is 1.38 bits per heavy atom. The molecule has 16 heavy (non-hydrogen) atoms. The SMILES string of the molecule is CCOCc1noc(C(C(C)C)C(C)O)n1. The minimum Gasteiger partial charge on any atom is -0.393 e. The van der Waals surface area contributed by atoms with E-state index < -0.39 is 6.10 Å². The lowest BCUT2D eigenvalue weighted by Gasteiger charge is -2.19. The Bertz CT molecular complexity index is 302. The Morgan fingerprint density at radius 3 is 2.56 bits per heavy atom. The van der Waals surface area contributed by atoms with Gasteiger partial charge in [-0.05, 0) is 19.8 Å². The molecule has 0 aromatic carbocycles. The van der Waals surface area contributed by atoms with Crippen molar-refractivity contribution in [3.8, 4) is 0 Å². The summed E-state index contributed by atoms with van der Waals surface area (Å²) in [7, 11) is 0. The van der Waals surface area contributed by atoms with E-state index in [1.54, 1.807) is 6.92 Å². The van der Waals surface area contributed by atoms with Crippen LogP contribution in [0.3, 0.4) is 0 Å². The van der Waals surface area contributed by atoms with Crippen LogP contribution in [-0.2, 0) is 11.3 Å². The molecule has 1 aromatic rings. The summed E-state index contributed by atoms with van der Waals surface area (Å²) in [5, 5.41) is 13.5. The smallest absolute Gasteiger partial charge is 0.232 e. The van der Waals surface area contributed by atoms with Crippen LogP contribution in [0.4, 0.5) is 0 Å². The highest BCUT2D eigenvalue weighted by molar-refractivity contribution is 4.97. The first-order chi connectivity index (χ1) is 7.56. The molecule has 2 unspecified atom stereocenters. The fourth-order valence-electron chi connectivity index (χ4n) is 1.70. The monoisotopic (exact) mass is 228 g/mol. The molecule has 1 heterocycles. The molecule has 0 saturated heterocycles. The molecule has 0 saturated carbocycles. The molecule has 0 aliphatic heterocycles. The predicted octanol–water partition coefficient (Wildman–Crippen LogP) is 1.73. The first kappa shape index (κ1) is 13.1. The second-order valence-electron chi connectivity index (χ2n) is 4.20. The number of aliphatic hydroxyl groups is 1. The van der Waals surface area contributed by atoms with Crippen molar-refractivity contribution < 1.29 is 14.4 Å². The van der Waals surface area contributed by atoms with Gasteiger partial charge in [0.25, 0.3) is 0 Å². The van der Waals surface area contributed by atoms with Crippen molar-refractivity contribution in [1.29, 1.82) is 0 Å². The van der Waals surface area contributed by atoms with Gasteiger partial charge in [-0.25, -0.2) is 0 Å². The maximum Gasteiger partial charge on any atom is 0.232 e. The molecule has 5 nitrogen and oxygen atoms in total. The van der Waals surface area contributed by atoms with Gasteiger partial charge in [0.1, 0.15) is 6.61 Å². The highest BCUT2D eigenvalue weighted by Crippen LogP contribution is 2.26. The van der Waals surface area contributed by atoms with E-state index in [0.717, 1.165) is 0 Å². The summed E-state index contributed by atoms with van der Waals surface area (Å²) in [6.45, 7) is 8.65. The summed E-state index contributed by atoms with van der Waals surface area (Å²) in [5.74, 6) is 1.14. The van der Waals surface area contributed by atoms with E-state index in [1.807, 2.05) is 20.8 Å². The molecule has 92 valence electrons. The van der Waals surface area contributed by atoms with E-state index in [2.05, 4.69) is 10.1 Å². The molecule has 0 spiro atoms. The van der Waals surface area contributed by atoms with E-state index >= 15 is 0 Å².